The van der Waals surface area contributed by atoms with E-state index in [-0.39, 0.29) is 30.1 Å². The number of hydrogen-bond donors (Lipinski definition) is 1. The molecule has 2 unspecified atom stereocenters. The van der Waals surface area contributed by atoms with Gasteiger partial charge < -0.3 is 14.7 Å². The normalized spacial score (nSPS) is 25.3. The largest absolute Gasteiger partial charge is 0.444 e. The molecule has 0 aliphatic carbocycles. The Hall–Kier alpha value is -1.40. The lowest BCUT2D eigenvalue weighted by atomic mass is 9.77. The molecular weight excluding hydrogens is 323 g/mol. The van der Waals surface area contributed by atoms with E-state index >= 15 is 0 Å². The van der Waals surface area contributed by atoms with Crippen LogP contribution in [0.15, 0.2) is 12.3 Å². The van der Waals surface area contributed by atoms with Crippen molar-refractivity contribution in [2.75, 3.05) is 13.1 Å². The number of aliphatic hydroxyl groups is 1. The molecule has 1 saturated heterocycles. The Balaban J connectivity index is 2.17. The number of aromatic nitrogens is 1. The number of halogens is 2. The van der Waals surface area contributed by atoms with Crippen molar-refractivity contribution >= 4 is 17.7 Å². The predicted octanol–water partition coefficient (Wildman–Crippen LogP) is 3.34. The van der Waals surface area contributed by atoms with Gasteiger partial charge >= 0.3 is 6.09 Å². The summed E-state index contributed by atoms with van der Waals surface area (Å²) >= 11 is 5.87. The van der Waals surface area contributed by atoms with E-state index in [0.717, 1.165) is 0 Å². The van der Waals surface area contributed by atoms with Crippen molar-refractivity contribution in [1.29, 1.82) is 0 Å². The lowest BCUT2D eigenvalue weighted by Crippen LogP contribution is -2.52. The molecule has 0 bridgehead atoms. The fraction of sp³-hybridized carbons (Fsp3) is 0.625. The summed E-state index contributed by atoms with van der Waals surface area (Å²) in [5, 5.41) is 11.2. The fourth-order valence-corrected chi connectivity index (χ4v) is 2.90. The summed E-state index contributed by atoms with van der Waals surface area (Å²) in [6.45, 7) is 7.67. The van der Waals surface area contributed by atoms with Gasteiger partial charge in [-0.25, -0.2) is 9.78 Å². The van der Waals surface area contributed by atoms with Crippen LogP contribution in [-0.4, -0.2) is 39.8 Å². The second-order valence-electron chi connectivity index (χ2n) is 6.99. The maximum atomic E-state index is 14.0. The SMILES string of the molecule is CC1CN(C(=O)OC(C)(C)C)CCC1(O)c1cc(Cl)cnc1F. The number of rotatable bonds is 1. The van der Waals surface area contributed by atoms with Gasteiger partial charge in [0.05, 0.1) is 10.6 Å². The summed E-state index contributed by atoms with van der Waals surface area (Å²) in [6.07, 6.45) is 0.951. The molecule has 23 heavy (non-hydrogen) atoms. The van der Waals surface area contributed by atoms with E-state index in [1.165, 1.54) is 17.2 Å². The van der Waals surface area contributed by atoms with Gasteiger partial charge in [0.1, 0.15) is 5.60 Å². The maximum Gasteiger partial charge on any atom is 0.410 e. The molecule has 2 rings (SSSR count). The highest BCUT2D eigenvalue weighted by molar-refractivity contribution is 6.30. The Bertz CT molecular complexity index is 605. The standard InChI is InChI=1S/C16H22ClFN2O3/c1-10-9-20(14(21)23-15(2,3)4)6-5-16(10,22)12-7-11(17)8-19-13(12)18/h7-8,10,22H,5-6,9H2,1-4H3. The van der Waals surface area contributed by atoms with Crippen LogP contribution in [0.1, 0.15) is 39.7 Å². The average molecular weight is 345 g/mol. The van der Waals surface area contributed by atoms with Crippen molar-refractivity contribution in [1.82, 2.24) is 9.88 Å². The molecule has 1 aliphatic rings. The number of pyridine rings is 1. The molecule has 0 spiro atoms. The van der Waals surface area contributed by atoms with Gasteiger partial charge in [-0.1, -0.05) is 18.5 Å². The number of nitrogens with zero attached hydrogens (tertiary/aromatic N) is 2. The quantitative estimate of drug-likeness (QED) is 0.794. The van der Waals surface area contributed by atoms with Gasteiger partial charge in [0.15, 0.2) is 0 Å². The van der Waals surface area contributed by atoms with Crippen LogP contribution in [0.2, 0.25) is 5.02 Å². The molecule has 1 aromatic rings. The maximum absolute atomic E-state index is 14.0. The van der Waals surface area contributed by atoms with Gasteiger partial charge in [0.2, 0.25) is 5.95 Å². The molecule has 0 aromatic carbocycles. The Morgan fingerprint density at radius 2 is 2.22 bits per heavy atom. The molecule has 2 heterocycles. The first-order valence-electron chi connectivity index (χ1n) is 7.55. The van der Waals surface area contributed by atoms with Crippen LogP contribution in [-0.2, 0) is 10.3 Å². The van der Waals surface area contributed by atoms with Gasteiger partial charge in [-0.15, -0.1) is 0 Å². The van der Waals surface area contributed by atoms with Crippen molar-refractivity contribution < 1.29 is 19.0 Å². The highest BCUT2D eigenvalue weighted by atomic mass is 35.5. The summed E-state index contributed by atoms with van der Waals surface area (Å²) in [7, 11) is 0. The molecule has 0 radical (unpaired) electrons. The summed E-state index contributed by atoms with van der Waals surface area (Å²) in [6, 6.07) is 1.39. The number of piperidine rings is 1. The van der Waals surface area contributed by atoms with Crippen molar-refractivity contribution in [3.05, 3.63) is 28.8 Å². The zero-order valence-electron chi connectivity index (χ0n) is 13.8. The summed E-state index contributed by atoms with van der Waals surface area (Å²) in [5.74, 6) is -1.13. The third-order valence-electron chi connectivity index (χ3n) is 4.00. The predicted molar refractivity (Wildman–Crippen MR) is 84.7 cm³/mol. The van der Waals surface area contributed by atoms with Gasteiger partial charge in [-0.3, -0.25) is 0 Å². The second kappa shape index (κ2) is 6.24. The highest BCUT2D eigenvalue weighted by Gasteiger charge is 2.44. The van der Waals surface area contributed by atoms with Crippen LogP contribution < -0.4 is 0 Å². The van der Waals surface area contributed by atoms with Crippen LogP contribution >= 0.6 is 11.6 Å². The number of carbonyl (C=O) groups excluding carboxylic acids is 1. The average Bonchev–Trinajstić information content (AvgIpc) is 2.42. The Morgan fingerprint density at radius 3 is 2.78 bits per heavy atom. The minimum atomic E-state index is -1.42. The summed E-state index contributed by atoms with van der Waals surface area (Å²) in [4.78, 5) is 17.2. The van der Waals surface area contributed by atoms with E-state index in [0.29, 0.717) is 0 Å². The first kappa shape index (κ1) is 17.9. The zero-order valence-corrected chi connectivity index (χ0v) is 14.5. The van der Waals surface area contributed by atoms with Gasteiger partial charge in [0.25, 0.3) is 0 Å². The monoisotopic (exact) mass is 344 g/mol. The minimum Gasteiger partial charge on any atom is -0.444 e. The van der Waals surface area contributed by atoms with Crippen molar-refractivity contribution in [2.24, 2.45) is 5.92 Å². The molecule has 1 aromatic heterocycles. The van der Waals surface area contributed by atoms with E-state index in [1.54, 1.807) is 27.7 Å². The number of hydrogen-bond acceptors (Lipinski definition) is 4. The molecule has 5 nitrogen and oxygen atoms in total. The molecular formula is C16H22ClFN2O3. The van der Waals surface area contributed by atoms with E-state index in [1.807, 2.05) is 0 Å². The van der Waals surface area contributed by atoms with E-state index in [9.17, 15) is 14.3 Å². The van der Waals surface area contributed by atoms with Crippen LogP contribution in [0.25, 0.3) is 0 Å². The number of carbonyl (C=O) groups is 1. The molecule has 128 valence electrons. The lowest BCUT2D eigenvalue weighted by molar-refractivity contribution is -0.0757. The molecule has 7 heteroatoms. The van der Waals surface area contributed by atoms with Crippen molar-refractivity contribution in [3.8, 4) is 0 Å². The minimum absolute atomic E-state index is 0.0707. The van der Waals surface area contributed by atoms with Crippen LogP contribution in [0, 0.1) is 11.9 Å². The Kier molecular flexibility index (Phi) is 4.87. The molecule has 1 aliphatic heterocycles. The lowest BCUT2D eigenvalue weighted by Gasteiger charge is -2.43. The first-order valence-corrected chi connectivity index (χ1v) is 7.92. The Morgan fingerprint density at radius 1 is 1.57 bits per heavy atom. The van der Waals surface area contributed by atoms with Gasteiger partial charge in [0, 0.05) is 30.8 Å². The van der Waals surface area contributed by atoms with E-state index in [4.69, 9.17) is 16.3 Å². The molecule has 0 saturated carbocycles. The van der Waals surface area contributed by atoms with Gasteiger partial charge in [-0.05, 0) is 33.3 Å². The molecule has 2 atom stereocenters. The molecule has 1 fully saturated rings. The highest BCUT2D eigenvalue weighted by Crippen LogP contribution is 2.39. The zero-order chi connectivity index (χ0) is 17.4. The summed E-state index contributed by atoms with van der Waals surface area (Å²) < 4.78 is 19.4. The number of amides is 1. The smallest absolute Gasteiger partial charge is 0.410 e. The van der Waals surface area contributed by atoms with Crippen molar-refractivity contribution in [3.63, 3.8) is 0 Å². The third-order valence-corrected chi connectivity index (χ3v) is 4.20. The topological polar surface area (TPSA) is 62.7 Å². The summed E-state index contributed by atoms with van der Waals surface area (Å²) in [5.41, 5.74) is -1.93. The number of likely N-dealkylation sites (tertiary alicyclic amines) is 1. The first-order chi connectivity index (χ1) is 10.5. The fourth-order valence-electron chi connectivity index (χ4n) is 2.74. The molecule has 1 amide bonds. The van der Waals surface area contributed by atoms with E-state index in [2.05, 4.69) is 4.98 Å². The van der Waals surface area contributed by atoms with Gasteiger partial charge in [-0.2, -0.15) is 4.39 Å². The second-order valence-corrected chi connectivity index (χ2v) is 7.43. The van der Waals surface area contributed by atoms with Crippen LogP contribution in [0.4, 0.5) is 9.18 Å². The third kappa shape index (κ3) is 3.93. The van der Waals surface area contributed by atoms with Crippen LogP contribution in [0.3, 0.4) is 0 Å². The molecule has 1 N–H and O–H groups in total. The van der Waals surface area contributed by atoms with Crippen molar-refractivity contribution in [2.45, 2.75) is 45.3 Å². The Labute approximate surface area is 140 Å². The van der Waals surface area contributed by atoms with E-state index < -0.39 is 29.2 Å². The van der Waals surface area contributed by atoms with Crippen LogP contribution in [0.5, 0.6) is 0 Å². The number of ether oxygens (including phenoxy) is 1.